The van der Waals surface area contributed by atoms with E-state index in [1.165, 1.54) is 12.1 Å². The molecule has 3 rings (SSSR count). The summed E-state index contributed by atoms with van der Waals surface area (Å²) in [6.45, 7) is 0. The van der Waals surface area contributed by atoms with Crippen LogP contribution in [-0.2, 0) is 9.53 Å². The summed E-state index contributed by atoms with van der Waals surface area (Å²) in [6, 6.07) is 17.4. The Hall–Kier alpha value is -3.32. The lowest BCUT2D eigenvalue weighted by Crippen LogP contribution is -2.17. The predicted molar refractivity (Wildman–Crippen MR) is 114 cm³/mol. The molecule has 0 fully saturated rings. The van der Waals surface area contributed by atoms with Crippen LogP contribution in [0.2, 0.25) is 0 Å². The van der Waals surface area contributed by atoms with E-state index >= 15 is 0 Å². The largest absolute Gasteiger partial charge is 0.507 e. The van der Waals surface area contributed by atoms with Gasteiger partial charge >= 0.3 is 12.1 Å². The number of phenols is 1. The molecule has 0 bridgehead atoms. The van der Waals surface area contributed by atoms with Crippen LogP contribution in [0.3, 0.4) is 0 Å². The molecule has 0 aliphatic carbocycles. The third-order valence-electron chi connectivity index (χ3n) is 4.23. The molecule has 3 aromatic rings. The Balaban J connectivity index is 1.88. The molecule has 0 aliphatic rings. The lowest BCUT2D eigenvalue weighted by Gasteiger charge is -2.19. The van der Waals surface area contributed by atoms with Crippen molar-refractivity contribution >= 4 is 44.5 Å². The number of aliphatic carboxylic acids is 1. The van der Waals surface area contributed by atoms with E-state index in [4.69, 9.17) is 9.84 Å². The van der Waals surface area contributed by atoms with Crippen LogP contribution in [0.1, 0.15) is 18.1 Å². The van der Waals surface area contributed by atoms with Crippen molar-refractivity contribution in [2.45, 2.75) is 12.5 Å². The number of rotatable bonds is 6. The minimum atomic E-state index is -1.08. The van der Waals surface area contributed by atoms with Gasteiger partial charge in [0.05, 0.1) is 0 Å². The van der Waals surface area contributed by atoms with Gasteiger partial charge in [0.15, 0.2) is 0 Å². The van der Waals surface area contributed by atoms with Crippen LogP contribution < -0.4 is 5.32 Å². The number of carbonyl (C=O) groups excluding carboxylic acids is 1. The van der Waals surface area contributed by atoms with Gasteiger partial charge in [-0.05, 0) is 35.7 Å². The molecule has 1 atom stereocenters. The summed E-state index contributed by atoms with van der Waals surface area (Å²) in [6.07, 6.45) is 1.19. The number of hydrogen-bond donors (Lipinski definition) is 3. The first-order valence-corrected chi connectivity index (χ1v) is 9.56. The van der Waals surface area contributed by atoms with Gasteiger partial charge in [-0.25, -0.2) is 9.59 Å². The standard InChI is InChI=1S/C22H18BrNO5/c23-14-8-10-15(11-9-14)24-22(28)29-20(6-3-7-21(26)27)18-12-13-19(25)17-5-2-1-4-16(17)18/h1-5,7-13,20,25H,6H2,(H,24,28)(H,26,27)/b7-3+/t20-/m0/s1. The number of hydrogen-bond acceptors (Lipinski definition) is 4. The van der Waals surface area contributed by atoms with E-state index in [0.717, 1.165) is 15.9 Å². The first kappa shape index (κ1) is 20.4. The quantitative estimate of drug-likeness (QED) is 0.418. The molecular weight excluding hydrogens is 438 g/mol. The molecule has 0 spiro atoms. The van der Waals surface area contributed by atoms with E-state index in [1.54, 1.807) is 42.5 Å². The van der Waals surface area contributed by atoms with Crippen molar-refractivity contribution in [1.29, 1.82) is 0 Å². The number of fused-ring (bicyclic) bond motifs is 1. The highest BCUT2D eigenvalue weighted by Crippen LogP contribution is 2.34. The fourth-order valence-electron chi connectivity index (χ4n) is 2.93. The highest BCUT2D eigenvalue weighted by atomic mass is 79.9. The average molecular weight is 456 g/mol. The summed E-state index contributed by atoms with van der Waals surface area (Å²) in [5.74, 6) is -0.970. The molecule has 0 saturated carbocycles. The molecule has 6 nitrogen and oxygen atoms in total. The van der Waals surface area contributed by atoms with Gasteiger partial charge in [-0.15, -0.1) is 0 Å². The van der Waals surface area contributed by atoms with Crippen molar-refractivity contribution in [3.63, 3.8) is 0 Å². The third-order valence-corrected chi connectivity index (χ3v) is 4.76. The van der Waals surface area contributed by atoms with Crippen molar-refractivity contribution in [3.8, 4) is 5.75 Å². The minimum Gasteiger partial charge on any atom is -0.507 e. The van der Waals surface area contributed by atoms with Crippen molar-refractivity contribution in [2.24, 2.45) is 0 Å². The normalized spacial score (nSPS) is 12.0. The number of phenolic OH excluding ortho intramolecular Hbond substituents is 1. The molecule has 3 aromatic carbocycles. The zero-order valence-electron chi connectivity index (χ0n) is 15.2. The number of halogens is 1. The fraction of sp³-hybridized carbons (Fsp3) is 0.0909. The number of amides is 1. The number of carbonyl (C=O) groups is 2. The number of aromatic hydroxyl groups is 1. The molecule has 7 heteroatoms. The lowest BCUT2D eigenvalue weighted by molar-refractivity contribution is -0.131. The zero-order valence-corrected chi connectivity index (χ0v) is 16.8. The third kappa shape index (κ3) is 5.36. The SMILES string of the molecule is O=C(O)/C=C/C[C@H](OC(=O)Nc1ccc(Br)cc1)c1ccc(O)c2ccccc12. The van der Waals surface area contributed by atoms with E-state index in [9.17, 15) is 14.7 Å². The Bertz CT molecular complexity index is 1060. The summed E-state index contributed by atoms with van der Waals surface area (Å²) in [4.78, 5) is 23.3. The van der Waals surface area contributed by atoms with E-state index in [-0.39, 0.29) is 12.2 Å². The van der Waals surface area contributed by atoms with Crippen LogP contribution in [0.4, 0.5) is 10.5 Å². The number of anilines is 1. The predicted octanol–water partition coefficient (Wildman–Crippen LogP) is 5.63. The topological polar surface area (TPSA) is 95.9 Å². The zero-order chi connectivity index (χ0) is 20.8. The van der Waals surface area contributed by atoms with Gasteiger partial charge in [-0.2, -0.15) is 0 Å². The molecule has 29 heavy (non-hydrogen) atoms. The van der Waals surface area contributed by atoms with Gasteiger partial charge < -0.3 is 14.9 Å². The summed E-state index contributed by atoms with van der Waals surface area (Å²) < 4.78 is 6.49. The van der Waals surface area contributed by atoms with Crippen LogP contribution in [0, 0.1) is 0 Å². The summed E-state index contributed by atoms with van der Waals surface area (Å²) >= 11 is 3.33. The second kappa shape index (κ2) is 9.25. The Morgan fingerprint density at radius 1 is 1.03 bits per heavy atom. The molecule has 0 saturated heterocycles. The number of ether oxygens (including phenoxy) is 1. The second-order valence-electron chi connectivity index (χ2n) is 6.22. The molecule has 0 unspecified atom stereocenters. The van der Waals surface area contributed by atoms with E-state index in [1.807, 2.05) is 12.1 Å². The van der Waals surface area contributed by atoms with Gasteiger partial charge in [-0.1, -0.05) is 52.3 Å². The average Bonchev–Trinajstić information content (AvgIpc) is 2.69. The number of carboxylic acid groups (broad SMARTS) is 1. The number of carboxylic acids is 1. The van der Waals surface area contributed by atoms with Crippen molar-refractivity contribution in [3.05, 3.63) is 82.9 Å². The first-order chi connectivity index (χ1) is 13.9. The Kier molecular flexibility index (Phi) is 6.51. The molecule has 0 radical (unpaired) electrons. The van der Waals surface area contributed by atoms with Crippen molar-refractivity contribution in [1.82, 2.24) is 0 Å². The van der Waals surface area contributed by atoms with Gasteiger partial charge in [0.25, 0.3) is 0 Å². The Labute approximate surface area is 175 Å². The summed E-state index contributed by atoms with van der Waals surface area (Å²) in [5, 5.41) is 23.0. The number of benzene rings is 3. The lowest BCUT2D eigenvalue weighted by atomic mass is 9.97. The van der Waals surface area contributed by atoms with Crippen LogP contribution in [0.25, 0.3) is 10.8 Å². The molecule has 0 heterocycles. The highest BCUT2D eigenvalue weighted by Gasteiger charge is 2.19. The van der Waals surface area contributed by atoms with Crippen LogP contribution in [-0.4, -0.2) is 22.3 Å². The maximum Gasteiger partial charge on any atom is 0.412 e. The number of nitrogens with one attached hydrogen (secondary N) is 1. The second-order valence-corrected chi connectivity index (χ2v) is 7.14. The molecule has 0 aromatic heterocycles. The van der Waals surface area contributed by atoms with Gasteiger partial charge in [0, 0.05) is 33.6 Å². The minimum absolute atomic E-state index is 0.114. The summed E-state index contributed by atoms with van der Waals surface area (Å²) in [5.41, 5.74) is 1.23. The fourth-order valence-corrected chi connectivity index (χ4v) is 3.19. The van der Waals surface area contributed by atoms with E-state index in [0.29, 0.717) is 16.6 Å². The summed E-state index contributed by atoms with van der Waals surface area (Å²) in [7, 11) is 0. The molecular formula is C22H18BrNO5. The van der Waals surface area contributed by atoms with Crippen molar-refractivity contribution in [2.75, 3.05) is 5.32 Å². The Morgan fingerprint density at radius 3 is 2.41 bits per heavy atom. The van der Waals surface area contributed by atoms with Crippen molar-refractivity contribution < 1.29 is 24.5 Å². The van der Waals surface area contributed by atoms with E-state index < -0.39 is 18.2 Å². The maximum absolute atomic E-state index is 12.4. The van der Waals surface area contributed by atoms with Crippen LogP contribution in [0.15, 0.2) is 77.3 Å². The molecule has 0 aliphatic heterocycles. The first-order valence-electron chi connectivity index (χ1n) is 8.77. The molecule has 148 valence electrons. The monoisotopic (exact) mass is 455 g/mol. The van der Waals surface area contributed by atoms with Gasteiger partial charge in [0.1, 0.15) is 11.9 Å². The van der Waals surface area contributed by atoms with Gasteiger partial charge in [0.2, 0.25) is 0 Å². The highest BCUT2D eigenvalue weighted by molar-refractivity contribution is 9.10. The smallest absolute Gasteiger partial charge is 0.412 e. The van der Waals surface area contributed by atoms with Crippen LogP contribution >= 0.6 is 15.9 Å². The van der Waals surface area contributed by atoms with Gasteiger partial charge in [-0.3, -0.25) is 5.32 Å². The van der Waals surface area contributed by atoms with E-state index in [2.05, 4.69) is 21.2 Å². The maximum atomic E-state index is 12.4. The molecule has 1 amide bonds. The Morgan fingerprint density at radius 2 is 1.72 bits per heavy atom. The van der Waals surface area contributed by atoms with Crippen LogP contribution in [0.5, 0.6) is 5.75 Å². The molecule has 3 N–H and O–H groups in total.